The molecule has 1 heterocycles. The van der Waals surface area contributed by atoms with Gasteiger partial charge in [-0.15, -0.1) is 0 Å². The minimum Gasteiger partial charge on any atom is -0.496 e. The number of rotatable bonds is 12. The zero-order valence-corrected chi connectivity index (χ0v) is 23.4. The molecule has 2 aromatic carbocycles. The van der Waals surface area contributed by atoms with Gasteiger partial charge in [0.2, 0.25) is 11.8 Å². The van der Waals surface area contributed by atoms with Crippen LogP contribution in [0, 0.1) is 5.92 Å². The van der Waals surface area contributed by atoms with Crippen molar-refractivity contribution in [3.63, 3.8) is 0 Å². The highest BCUT2D eigenvalue weighted by molar-refractivity contribution is 6.30. The second kappa shape index (κ2) is 14.6. The van der Waals surface area contributed by atoms with Gasteiger partial charge in [0, 0.05) is 11.4 Å². The average molecular weight is 558 g/mol. The van der Waals surface area contributed by atoms with E-state index in [2.05, 4.69) is 17.4 Å². The van der Waals surface area contributed by atoms with Gasteiger partial charge in [-0.3, -0.25) is 29.8 Å². The van der Waals surface area contributed by atoms with E-state index < -0.39 is 11.9 Å². The molecule has 1 unspecified atom stereocenters. The van der Waals surface area contributed by atoms with Crippen molar-refractivity contribution < 1.29 is 29.1 Å². The number of methoxy groups -OCH3 is 1. The maximum absolute atomic E-state index is 13.8. The molecule has 1 aliphatic heterocycles. The topological polar surface area (TPSA) is 118 Å². The molecule has 10 heteroatoms. The Balaban J connectivity index is 1.87. The normalized spacial score (nSPS) is 16.3. The van der Waals surface area contributed by atoms with Crippen LogP contribution in [0.1, 0.15) is 66.9 Å². The predicted octanol–water partition coefficient (Wildman–Crippen LogP) is 4.88. The Morgan fingerprint density at radius 3 is 2.59 bits per heavy atom. The van der Waals surface area contributed by atoms with Crippen LogP contribution in [0.5, 0.6) is 5.75 Å². The molecule has 2 N–H and O–H groups in total. The summed E-state index contributed by atoms with van der Waals surface area (Å²) in [5.41, 5.74) is 4.58. The molecule has 0 aliphatic carbocycles. The van der Waals surface area contributed by atoms with E-state index in [0.29, 0.717) is 29.6 Å². The highest BCUT2D eigenvalue weighted by Gasteiger charge is 2.34. The van der Waals surface area contributed by atoms with Crippen LogP contribution in [0.3, 0.4) is 0 Å². The summed E-state index contributed by atoms with van der Waals surface area (Å²) in [6.45, 7) is 4.42. The van der Waals surface area contributed by atoms with E-state index in [-0.39, 0.29) is 42.8 Å². The number of aromatic carboxylic acids is 1. The molecule has 9 nitrogen and oxygen atoms in total. The van der Waals surface area contributed by atoms with E-state index >= 15 is 0 Å². The molecular formula is C29H36ClN3O6. The molecule has 0 saturated carbocycles. The van der Waals surface area contributed by atoms with Gasteiger partial charge in [-0.1, -0.05) is 43.5 Å². The summed E-state index contributed by atoms with van der Waals surface area (Å²) in [6.07, 6.45) is 2.97. The number of amides is 2. The number of carboxylic acids is 1. The second-order valence-electron chi connectivity index (χ2n) is 9.47. The molecule has 0 aromatic heterocycles. The summed E-state index contributed by atoms with van der Waals surface area (Å²) in [5.74, 6) is -1.41. The van der Waals surface area contributed by atoms with Gasteiger partial charge in [0.05, 0.1) is 38.3 Å². The van der Waals surface area contributed by atoms with E-state index in [4.69, 9.17) is 21.2 Å². The third kappa shape index (κ3) is 8.28. The summed E-state index contributed by atoms with van der Waals surface area (Å²) in [5, 5.41) is 9.77. The number of nitrogens with zero attached hydrogens (tertiary/aromatic N) is 2. The van der Waals surface area contributed by atoms with Crippen LogP contribution < -0.4 is 10.2 Å². The van der Waals surface area contributed by atoms with Crippen LogP contribution in [0.15, 0.2) is 47.5 Å². The first-order valence-corrected chi connectivity index (χ1v) is 13.6. The number of ether oxygens (including phenoxy) is 1. The van der Waals surface area contributed by atoms with Crippen molar-refractivity contribution in [2.24, 2.45) is 10.9 Å². The van der Waals surface area contributed by atoms with Crippen molar-refractivity contribution in [3.8, 4) is 5.75 Å². The predicted molar refractivity (Wildman–Crippen MR) is 149 cm³/mol. The Hall–Kier alpha value is -3.43. The van der Waals surface area contributed by atoms with Gasteiger partial charge < -0.3 is 9.84 Å². The Kier molecular flexibility index (Phi) is 11.3. The van der Waals surface area contributed by atoms with Gasteiger partial charge in [-0.05, 0) is 67.1 Å². The molecule has 210 valence electrons. The lowest BCUT2D eigenvalue weighted by molar-refractivity contribution is -0.146. The first-order chi connectivity index (χ1) is 18.8. The maximum atomic E-state index is 13.8. The summed E-state index contributed by atoms with van der Waals surface area (Å²) >= 11 is 6.21. The lowest BCUT2D eigenvalue weighted by Gasteiger charge is -2.26. The lowest BCUT2D eigenvalue weighted by Crippen LogP contribution is -2.45. The van der Waals surface area contributed by atoms with E-state index in [1.165, 1.54) is 4.90 Å². The van der Waals surface area contributed by atoms with Crippen molar-refractivity contribution in [2.75, 3.05) is 26.8 Å². The largest absolute Gasteiger partial charge is 0.496 e. The molecule has 0 fully saturated rings. The molecule has 0 saturated heterocycles. The molecule has 2 amide bonds. The van der Waals surface area contributed by atoms with Crippen molar-refractivity contribution in [2.45, 2.75) is 51.9 Å². The molecule has 0 spiro atoms. The smallest absolute Gasteiger partial charge is 0.335 e. The Morgan fingerprint density at radius 2 is 1.95 bits per heavy atom. The quantitative estimate of drug-likeness (QED) is 0.357. The van der Waals surface area contributed by atoms with Crippen LogP contribution >= 0.6 is 11.6 Å². The zero-order valence-electron chi connectivity index (χ0n) is 22.6. The molecule has 1 aliphatic rings. The van der Waals surface area contributed by atoms with Crippen LogP contribution in [0.25, 0.3) is 0 Å². The van der Waals surface area contributed by atoms with Gasteiger partial charge >= 0.3 is 5.97 Å². The number of imide groups is 1. The van der Waals surface area contributed by atoms with Crippen molar-refractivity contribution in [3.05, 3.63) is 64.2 Å². The van der Waals surface area contributed by atoms with Crippen LogP contribution in [0.4, 0.5) is 0 Å². The summed E-state index contributed by atoms with van der Waals surface area (Å²) in [7, 11) is 1.55. The Morgan fingerprint density at radius 1 is 1.21 bits per heavy atom. The first kappa shape index (κ1) is 30.1. The van der Waals surface area contributed by atoms with E-state index in [0.717, 1.165) is 30.4 Å². The van der Waals surface area contributed by atoms with Crippen molar-refractivity contribution in [1.82, 2.24) is 10.4 Å². The van der Waals surface area contributed by atoms with Gasteiger partial charge in [0.25, 0.3) is 0 Å². The number of nitrogens with one attached hydrogen (secondary N) is 1. The molecule has 2 atom stereocenters. The Labute approximate surface area is 234 Å². The summed E-state index contributed by atoms with van der Waals surface area (Å²) in [6, 6.07) is 11.8. The number of aliphatic imine (C=N–C) groups is 1. The van der Waals surface area contributed by atoms with Gasteiger partial charge in [-0.2, -0.15) is 0 Å². The number of unbranched alkanes of at least 4 members (excludes halogenated alkanes) is 1. The highest BCUT2D eigenvalue weighted by atomic mass is 35.5. The number of hydrogen-bond donors (Lipinski definition) is 2. The number of amidine groups is 1. The fraction of sp³-hybridized carbons (Fsp3) is 0.448. The maximum Gasteiger partial charge on any atom is 0.335 e. The number of hydroxylamine groups is 1. The molecule has 0 radical (unpaired) electrons. The third-order valence-corrected chi connectivity index (χ3v) is 6.96. The number of carboxylic acid groups (broad SMARTS) is 1. The molecule has 39 heavy (non-hydrogen) atoms. The first-order valence-electron chi connectivity index (χ1n) is 13.2. The van der Waals surface area contributed by atoms with Crippen molar-refractivity contribution in [1.29, 1.82) is 0 Å². The van der Waals surface area contributed by atoms with Gasteiger partial charge in [0.1, 0.15) is 11.6 Å². The van der Waals surface area contributed by atoms with Crippen LogP contribution in [-0.4, -0.2) is 60.4 Å². The number of benzene rings is 2. The van der Waals surface area contributed by atoms with E-state index in [1.54, 1.807) is 49.6 Å². The fourth-order valence-corrected chi connectivity index (χ4v) is 4.80. The fourth-order valence-electron chi connectivity index (χ4n) is 4.61. The van der Waals surface area contributed by atoms with Gasteiger partial charge in [-0.25, -0.2) is 4.79 Å². The standard InChI is InChI=1S/C29H36ClN3O6/c1-4-6-7-21(19-8-10-20(11-9-19)29(36)37)16-27(34)33-18-26(32-39-5-2)31-17-23(28(33)35)14-22-15-24(30)12-13-25(22)38-3/h8-13,15,21,23H,4-7,14,16-18H2,1-3H3,(H,31,32)(H,36,37)/t21-,23?/m0/s1. The second-order valence-corrected chi connectivity index (χ2v) is 9.90. The van der Waals surface area contributed by atoms with E-state index in [1.807, 2.05) is 6.92 Å². The minimum atomic E-state index is -1.01. The average Bonchev–Trinajstić information content (AvgIpc) is 3.08. The number of halogens is 1. The van der Waals surface area contributed by atoms with Crippen molar-refractivity contribution >= 4 is 35.2 Å². The lowest BCUT2D eigenvalue weighted by atomic mass is 9.89. The Bertz CT molecular complexity index is 1180. The summed E-state index contributed by atoms with van der Waals surface area (Å²) in [4.78, 5) is 49.9. The summed E-state index contributed by atoms with van der Waals surface area (Å²) < 4.78 is 5.46. The number of carbonyl (C=O) groups is 3. The number of hydrogen-bond acceptors (Lipinski definition) is 7. The SMILES string of the molecule is CCCC[C@@H](CC(=O)N1CC(NOCC)=NCC(Cc2cc(Cl)ccc2OC)C1=O)c1ccc(C(=O)O)cc1. The molecule has 0 bridgehead atoms. The molecule has 3 rings (SSSR count). The third-order valence-electron chi connectivity index (χ3n) is 6.73. The zero-order chi connectivity index (χ0) is 28.4. The molecule has 2 aromatic rings. The van der Waals surface area contributed by atoms with E-state index in [9.17, 15) is 19.5 Å². The highest BCUT2D eigenvalue weighted by Crippen LogP contribution is 2.29. The monoisotopic (exact) mass is 557 g/mol. The number of carbonyl (C=O) groups excluding carboxylic acids is 2. The van der Waals surface area contributed by atoms with Gasteiger partial charge in [0.15, 0.2) is 0 Å². The van der Waals surface area contributed by atoms with Crippen LogP contribution in [-0.2, 0) is 20.8 Å². The van der Waals surface area contributed by atoms with Crippen LogP contribution in [0.2, 0.25) is 5.02 Å². The molecular weight excluding hydrogens is 522 g/mol. The minimum absolute atomic E-state index is 0.0285.